The summed E-state index contributed by atoms with van der Waals surface area (Å²) in [6, 6.07) is 9.18. The number of oxazole rings is 1. The van der Waals surface area contributed by atoms with Crippen molar-refractivity contribution < 1.29 is 27.2 Å². The van der Waals surface area contributed by atoms with Gasteiger partial charge < -0.3 is 14.1 Å². The molecular formula is C22H28N2O6S. The molecule has 0 radical (unpaired) electrons. The highest BCUT2D eigenvalue weighted by Crippen LogP contribution is 2.21. The molecular weight excluding hydrogens is 420 g/mol. The standard InChI is InChI=1S/C22H28N2O6S/c1-2-3-12-24(18-11-13-31(27,28)16-18)21(25)15-29-22(26)10-9-20-23-14-19(30-20)17-7-5-4-6-8-17/h4-8,14,18H,2-3,9-13,15-16H2,1H3. The third kappa shape index (κ3) is 6.65. The SMILES string of the molecule is CCCCN(C(=O)COC(=O)CCc1ncc(-c2ccccc2)o1)C1CCS(=O)(=O)C1. The Kier molecular flexibility index (Phi) is 7.84. The summed E-state index contributed by atoms with van der Waals surface area (Å²) < 4.78 is 34.4. The van der Waals surface area contributed by atoms with Crippen molar-refractivity contribution in [2.75, 3.05) is 24.7 Å². The molecule has 1 aromatic heterocycles. The molecule has 1 fully saturated rings. The first-order valence-corrected chi connectivity index (χ1v) is 12.4. The van der Waals surface area contributed by atoms with Gasteiger partial charge >= 0.3 is 5.97 Å². The predicted molar refractivity (Wildman–Crippen MR) is 115 cm³/mol. The lowest BCUT2D eigenvalue weighted by atomic mass is 10.2. The van der Waals surface area contributed by atoms with Crippen LogP contribution in [-0.4, -0.2) is 60.9 Å². The van der Waals surface area contributed by atoms with Gasteiger partial charge in [-0.05, 0) is 12.8 Å². The van der Waals surface area contributed by atoms with Gasteiger partial charge in [0.25, 0.3) is 5.91 Å². The average molecular weight is 449 g/mol. The number of sulfone groups is 1. The van der Waals surface area contributed by atoms with Gasteiger partial charge in [0.1, 0.15) is 0 Å². The van der Waals surface area contributed by atoms with Crippen LogP contribution < -0.4 is 0 Å². The highest BCUT2D eigenvalue weighted by atomic mass is 32.2. The minimum Gasteiger partial charge on any atom is -0.456 e. The predicted octanol–water partition coefficient (Wildman–Crippen LogP) is 2.63. The van der Waals surface area contributed by atoms with E-state index in [2.05, 4.69) is 4.98 Å². The number of unbranched alkanes of at least 4 members (excludes halogenated alkanes) is 1. The molecule has 9 heteroatoms. The molecule has 31 heavy (non-hydrogen) atoms. The summed E-state index contributed by atoms with van der Waals surface area (Å²) >= 11 is 0. The molecule has 2 aromatic rings. The summed E-state index contributed by atoms with van der Waals surface area (Å²) in [6.07, 6.45) is 3.99. The zero-order chi connectivity index (χ0) is 22.3. The third-order valence-corrected chi connectivity index (χ3v) is 6.98. The summed E-state index contributed by atoms with van der Waals surface area (Å²) in [6.45, 7) is 2.07. The molecule has 0 N–H and O–H groups in total. The van der Waals surface area contributed by atoms with Crippen molar-refractivity contribution in [1.29, 1.82) is 0 Å². The van der Waals surface area contributed by atoms with Gasteiger partial charge in [-0.15, -0.1) is 0 Å². The first kappa shape index (κ1) is 23.0. The van der Waals surface area contributed by atoms with Crippen molar-refractivity contribution in [2.24, 2.45) is 0 Å². The van der Waals surface area contributed by atoms with Gasteiger partial charge in [-0.2, -0.15) is 0 Å². The van der Waals surface area contributed by atoms with Crippen molar-refractivity contribution in [1.82, 2.24) is 9.88 Å². The molecule has 0 bridgehead atoms. The second kappa shape index (κ2) is 10.6. The van der Waals surface area contributed by atoms with Gasteiger partial charge in [0, 0.05) is 24.6 Å². The van der Waals surface area contributed by atoms with Gasteiger partial charge in [-0.25, -0.2) is 13.4 Å². The van der Waals surface area contributed by atoms with E-state index < -0.39 is 15.8 Å². The van der Waals surface area contributed by atoms with E-state index in [1.54, 1.807) is 11.1 Å². The molecule has 8 nitrogen and oxygen atoms in total. The Morgan fingerprint density at radius 3 is 2.71 bits per heavy atom. The van der Waals surface area contributed by atoms with E-state index >= 15 is 0 Å². The first-order valence-electron chi connectivity index (χ1n) is 10.5. The van der Waals surface area contributed by atoms with Crippen molar-refractivity contribution in [3.63, 3.8) is 0 Å². The van der Waals surface area contributed by atoms with E-state index in [0.717, 1.165) is 18.4 Å². The van der Waals surface area contributed by atoms with Crippen LogP contribution in [0, 0.1) is 0 Å². The zero-order valence-corrected chi connectivity index (χ0v) is 18.5. The van der Waals surface area contributed by atoms with E-state index in [0.29, 0.717) is 24.6 Å². The van der Waals surface area contributed by atoms with Crippen LogP contribution in [0.1, 0.15) is 38.5 Å². The molecule has 1 unspecified atom stereocenters. The van der Waals surface area contributed by atoms with Gasteiger partial charge in [0.15, 0.2) is 28.1 Å². The number of carbonyl (C=O) groups excluding carboxylic acids is 2. The lowest BCUT2D eigenvalue weighted by Crippen LogP contribution is -2.43. The van der Waals surface area contributed by atoms with E-state index in [1.807, 2.05) is 37.3 Å². The van der Waals surface area contributed by atoms with Crippen LogP contribution in [0.4, 0.5) is 0 Å². The zero-order valence-electron chi connectivity index (χ0n) is 17.7. The number of amides is 1. The molecule has 1 aliphatic rings. The van der Waals surface area contributed by atoms with Crippen molar-refractivity contribution >= 4 is 21.7 Å². The fourth-order valence-corrected chi connectivity index (χ4v) is 5.26. The van der Waals surface area contributed by atoms with Crippen LogP contribution in [0.5, 0.6) is 0 Å². The van der Waals surface area contributed by atoms with Crippen LogP contribution in [0.25, 0.3) is 11.3 Å². The first-order chi connectivity index (χ1) is 14.9. The largest absolute Gasteiger partial charge is 0.456 e. The molecule has 0 aliphatic carbocycles. The lowest BCUT2D eigenvalue weighted by Gasteiger charge is -2.28. The molecule has 3 rings (SSSR count). The lowest BCUT2D eigenvalue weighted by molar-refractivity contribution is -0.152. The van der Waals surface area contributed by atoms with E-state index in [4.69, 9.17) is 9.15 Å². The summed E-state index contributed by atoms with van der Waals surface area (Å²) in [5, 5.41) is 0. The van der Waals surface area contributed by atoms with Gasteiger partial charge in [0.05, 0.1) is 24.1 Å². The fourth-order valence-electron chi connectivity index (χ4n) is 3.53. The van der Waals surface area contributed by atoms with E-state index in [-0.39, 0.29) is 42.9 Å². The summed E-state index contributed by atoms with van der Waals surface area (Å²) in [7, 11) is -3.11. The van der Waals surface area contributed by atoms with E-state index in [9.17, 15) is 18.0 Å². The fraction of sp³-hybridized carbons (Fsp3) is 0.500. The van der Waals surface area contributed by atoms with Gasteiger partial charge in [-0.1, -0.05) is 43.7 Å². The Balaban J connectivity index is 1.47. The molecule has 1 atom stereocenters. The Morgan fingerprint density at radius 2 is 2.03 bits per heavy atom. The second-order valence-electron chi connectivity index (χ2n) is 7.64. The molecule has 0 saturated carbocycles. The smallest absolute Gasteiger partial charge is 0.306 e. The number of aryl methyl sites for hydroxylation is 1. The van der Waals surface area contributed by atoms with Crippen LogP contribution in [0.3, 0.4) is 0 Å². The van der Waals surface area contributed by atoms with Crippen molar-refractivity contribution in [2.45, 2.75) is 45.1 Å². The maximum atomic E-state index is 12.6. The molecule has 1 saturated heterocycles. The summed E-state index contributed by atoms with van der Waals surface area (Å²) in [5.41, 5.74) is 0.899. The second-order valence-corrected chi connectivity index (χ2v) is 9.87. The number of hydrogen-bond donors (Lipinski definition) is 0. The maximum Gasteiger partial charge on any atom is 0.306 e. The topological polar surface area (TPSA) is 107 Å². The Hall–Kier alpha value is -2.68. The average Bonchev–Trinajstić information content (AvgIpc) is 3.38. The minimum absolute atomic E-state index is 0.0235. The number of nitrogens with zero attached hydrogens (tertiary/aromatic N) is 2. The van der Waals surface area contributed by atoms with Gasteiger partial charge in [-0.3, -0.25) is 9.59 Å². The Labute approximate surface area is 182 Å². The maximum absolute atomic E-state index is 12.6. The minimum atomic E-state index is -3.11. The number of ether oxygens (including phenoxy) is 1. The highest BCUT2D eigenvalue weighted by Gasteiger charge is 2.34. The molecule has 2 heterocycles. The number of hydrogen-bond acceptors (Lipinski definition) is 7. The highest BCUT2D eigenvalue weighted by molar-refractivity contribution is 7.91. The Bertz CT molecular complexity index is 986. The molecule has 168 valence electrons. The molecule has 1 aromatic carbocycles. The molecule has 1 amide bonds. The summed E-state index contributed by atoms with van der Waals surface area (Å²) in [5.74, 6) is 0.229. The summed E-state index contributed by atoms with van der Waals surface area (Å²) in [4.78, 5) is 30.4. The third-order valence-electron chi connectivity index (χ3n) is 5.23. The number of carbonyl (C=O) groups is 2. The number of benzene rings is 1. The monoisotopic (exact) mass is 448 g/mol. The number of esters is 1. The normalized spacial score (nSPS) is 17.4. The van der Waals surface area contributed by atoms with Crippen LogP contribution >= 0.6 is 0 Å². The van der Waals surface area contributed by atoms with Crippen molar-refractivity contribution in [3.8, 4) is 11.3 Å². The van der Waals surface area contributed by atoms with Gasteiger partial charge in [0.2, 0.25) is 0 Å². The van der Waals surface area contributed by atoms with Crippen LogP contribution in [-0.2, 0) is 30.6 Å². The van der Waals surface area contributed by atoms with Crippen LogP contribution in [0.2, 0.25) is 0 Å². The van der Waals surface area contributed by atoms with Crippen molar-refractivity contribution in [3.05, 3.63) is 42.4 Å². The van der Waals surface area contributed by atoms with E-state index in [1.165, 1.54) is 0 Å². The molecule has 1 aliphatic heterocycles. The number of aromatic nitrogens is 1. The molecule has 0 spiro atoms. The quantitative estimate of drug-likeness (QED) is 0.514. The number of rotatable bonds is 10. The van der Waals surface area contributed by atoms with Crippen LogP contribution in [0.15, 0.2) is 40.9 Å². The Morgan fingerprint density at radius 1 is 1.26 bits per heavy atom.